The molecule has 1 aromatic heterocycles. The first-order valence-corrected chi connectivity index (χ1v) is 7.80. The summed E-state index contributed by atoms with van der Waals surface area (Å²) in [5, 5.41) is 0. The van der Waals surface area contributed by atoms with Crippen LogP contribution < -0.4 is 4.90 Å². The molecule has 1 fully saturated rings. The Balaban J connectivity index is 1.71. The third kappa shape index (κ3) is 3.28. The lowest BCUT2D eigenvalue weighted by Gasteiger charge is -2.45. The van der Waals surface area contributed by atoms with E-state index in [1.165, 1.54) is 11.6 Å². The van der Waals surface area contributed by atoms with Crippen LogP contribution in [0.5, 0.6) is 0 Å². The smallest absolute Gasteiger partial charge is 0.214 e. The van der Waals surface area contributed by atoms with E-state index < -0.39 is 5.95 Å². The number of rotatable bonds is 3. The fraction of sp³-hybridized carbons (Fsp3) is 0.389. The van der Waals surface area contributed by atoms with E-state index in [9.17, 15) is 4.39 Å². The van der Waals surface area contributed by atoms with Gasteiger partial charge in [-0.05, 0) is 31.5 Å². The second kappa shape index (κ2) is 6.44. The second-order valence-electron chi connectivity index (χ2n) is 6.10. The molecule has 0 saturated carbocycles. The van der Waals surface area contributed by atoms with Crippen LogP contribution in [-0.2, 0) is 6.54 Å². The van der Waals surface area contributed by atoms with Gasteiger partial charge in [0.05, 0.1) is 0 Å². The molecule has 0 unspecified atom stereocenters. The van der Waals surface area contributed by atoms with Crippen molar-refractivity contribution in [2.75, 3.05) is 18.0 Å². The van der Waals surface area contributed by atoms with Crippen LogP contribution in [-0.4, -0.2) is 35.1 Å². The van der Waals surface area contributed by atoms with Crippen molar-refractivity contribution in [3.8, 4) is 0 Å². The van der Waals surface area contributed by atoms with Gasteiger partial charge in [0.1, 0.15) is 5.82 Å². The maximum absolute atomic E-state index is 13.4. The van der Waals surface area contributed by atoms with Crippen molar-refractivity contribution in [2.24, 2.45) is 0 Å². The molecule has 1 aliphatic rings. The molecule has 1 saturated heterocycles. The van der Waals surface area contributed by atoms with Gasteiger partial charge in [-0.15, -0.1) is 0 Å². The minimum Gasteiger partial charge on any atom is -0.349 e. The summed E-state index contributed by atoms with van der Waals surface area (Å²) in [5.74, 6) is 0.322. The van der Waals surface area contributed by atoms with E-state index in [-0.39, 0.29) is 0 Å². The van der Waals surface area contributed by atoms with Gasteiger partial charge in [0.15, 0.2) is 0 Å². The number of benzene rings is 1. The first kappa shape index (κ1) is 15.0. The zero-order valence-corrected chi connectivity index (χ0v) is 13.1. The molecule has 0 aliphatic carbocycles. The highest BCUT2D eigenvalue weighted by atomic mass is 19.1. The molecule has 116 valence electrons. The predicted octanol–water partition coefficient (Wildman–Crippen LogP) is 3.32. The number of halogens is 1. The van der Waals surface area contributed by atoms with Crippen molar-refractivity contribution < 1.29 is 4.39 Å². The maximum atomic E-state index is 13.4. The summed E-state index contributed by atoms with van der Waals surface area (Å²) in [7, 11) is 0. The Kier molecular flexibility index (Phi) is 4.39. The summed E-state index contributed by atoms with van der Waals surface area (Å²) in [6, 6.07) is 16.2. The molecule has 1 aromatic carbocycles. The molecule has 0 spiro atoms. The van der Waals surface area contributed by atoms with Gasteiger partial charge in [0.2, 0.25) is 5.95 Å². The molecule has 2 heterocycles. The van der Waals surface area contributed by atoms with E-state index in [2.05, 4.69) is 52.9 Å². The summed E-state index contributed by atoms with van der Waals surface area (Å²) in [6.07, 6.45) is 0. The van der Waals surface area contributed by atoms with Gasteiger partial charge in [0.25, 0.3) is 0 Å². The van der Waals surface area contributed by atoms with Crippen LogP contribution in [0.1, 0.15) is 19.4 Å². The van der Waals surface area contributed by atoms with E-state index >= 15 is 0 Å². The lowest BCUT2D eigenvalue weighted by Crippen LogP contribution is -2.56. The van der Waals surface area contributed by atoms with E-state index in [4.69, 9.17) is 0 Å². The van der Waals surface area contributed by atoms with Gasteiger partial charge in [0, 0.05) is 31.7 Å². The Bertz CT molecular complexity index is 605. The fourth-order valence-electron chi connectivity index (χ4n) is 3.40. The molecular formula is C18H22FN3. The number of anilines is 1. The highest BCUT2D eigenvalue weighted by Gasteiger charge is 2.30. The van der Waals surface area contributed by atoms with E-state index in [0.29, 0.717) is 12.1 Å². The van der Waals surface area contributed by atoms with Gasteiger partial charge >= 0.3 is 0 Å². The van der Waals surface area contributed by atoms with Gasteiger partial charge in [-0.25, -0.2) is 4.98 Å². The summed E-state index contributed by atoms with van der Waals surface area (Å²) in [5.41, 5.74) is 1.33. The molecule has 3 rings (SSSR count). The predicted molar refractivity (Wildman–Crippen MR) is 87.3 cm³/mol. The van der Waals surface area contributed by atoms with Crippen molar-refractivity contribution in [1.82, 2.24) is 9.88 Å². The Morgan fingerprint density at radius 2 is 1.68 bits per heavy atom. The number of nitrogens with zero attached hydrogens (tertiary/aromatic N) is 3. The molecule has 0 N–H and O–H groups in total. The van der Waals surface area contributed by atoms with Crippen LogP contribution in [0.2, 0.25) is 0 Å². The van der Waals surface area contributed by atoms with Crippen molar-refractivity contribution >= 4 is 5.82 Å². The molecule has 2 atom stereocenters. The Hall–Kier alpha value is -1.94. The zero-order valence-electron chi connectivity index (χ0n) is 13.1. The molecule has 22 heavy (non-hydrogen) atoms. The standard InChI is InChI=1S/C18H22FN3/c1-14-11-21(13-16-7-4-3-5-8-16)12-15(2)22(14)18-10-6-9-17(19)20-18/h3-10,14-15H,11-13H2,1-2H3/t14-,15-/m0/s1. The van der Waals surface area contributed by atoms with Crippen molar-refractivity contribution in [1.29, 1.82) is 0 Å². The van der Waals surface area contributed by atoms with Crippen LogP contribution in [0.15, 0.2) is 48.5 Å². The van der Waals surface area contributed by atoms with Crippen LogP contribution >= 0.6 is 0 Å². The number of hydrogen-bond donors (Lipinski definition) is 0. The number of hydrogen-bond acceptors (Lipinski definition) is 3. The highest BCUT2D eigenvalue weighted by Crippen LogP contribution is 2.23. The Labute approximate surface area is 131 Å². The largest absolute Gasteiger partial charge is 0.349 e. The molecule has 3 nitrogen and oxygen atoms in total. The minimum absolute atomic E-state index is 0.307. The normalized spacial score (nSPS) is 22.8. The molecule has 0 amide bonds. The summed E-state index contributed by atoms with van der Waals surface area (Å²) < 4.78 is 13.4. The van der Waals surface area contributed by atoms with Crippen LogP contribution in [0, 0.1) is 5.95 Å². The number of aromatic nitrogens is 1. The zero-order chi connectivity index (χ0) is 15.5. The summed E-state index contributed by atoms with van der Waals surface area (Å²) in [6.45, 7) is 7.23. The second-order valence-corrected chi connectivity index (χ2v) is 6.10. The van der Waals surface area contributed by atoms with Gasteiger partial charge in [-0.1, -0.05) is 36.4 Å². The quantitative estimate of drug-likeness (QED) is 0.811. The topological polar surface area (TPSA) is 19.4 Å². The first-order valence-electron chi connectivity index (χ1n) is 7.80. The number of pyridine rings is 1. The van der Waals surface area contributed by atoms with E-state index in [1.54, 1.807) is 6.07 Å². The van der Waals surface area contributed by atoms with Crippen LogP contribution in [0.25, 0.3) is 0 Å². The first-order chi connectivity index (χ1) is 10.6. The third-order valence-corrected chi connectivity index (χ3v) is 4.21. The molecule has 0 bridgehead atoms. The lowest BCUT2D eigenvalue weighted by molar-refractivity contribution is 0.191. The average molecular weight is 299 g/mol. The molecule has 2 aromatic rings. The van der Waals surface area contributed by atoms with Crippen molar-refractivity contribution in [3.63, 3.8) is 0 Å². The van der Waals surface area contributed by atoms with Gasteiger partial charge in [-0.2, -0.15) is 4.39 Å². The lowest BCUT2D eigenvalue weighted by atomic mass is 10.1. The van der Waals surface area contributed by atoms with Gasteiger partial charge < -0.3 is 4.90 Å². The SMILES string of the molecule is C[C@H]1CN(Cc2ccccc2)C[C@H](C)N1c1cccc(F)n1. The van der Waals surface area contributed by atoms with Crippen molar-refractivity contribution in [2.45, 2.75) is 32.5 Å². The van der Waals surface area contributed by atoms with E-state index in [0.717, 1.165) is 25.5 Å². The molecular weight excluding hydrogens is 277 g/mol. The van der Waals surface area contributed by atoms with Gasteiger partial charge in [-0.3, -0.25) is 4.90 Å². The molecule has 0 radical (unpaired) electrons. The molecule has 4 heteroatoms. The fourth-order valence-corrected chi connectivity index (χ4v) is 3.40. The van der Waals surface area contributed by atoms with Crippen molar-refractivity contribution in [3.05, 3.63) is 60.0 Å². The Morgan fingerprint density at radius 1 is 1.00 bits per heavy atom. The Morgan fingerprint density at radius 3 is 2.32 bits per heavy atom. The van der Waals surface area contributed by atoms with Crippen LogP contribution in [0.3, 0.4) is 0 Å². The van der Waals surface area contributed by atoms with E-state index in [1.807, 2.05) is 12.1 Å². The molecule has 1 aliphatic heterocycles. The minimum atomic E-state index is -0.413. The monoisotopic (exact) mass is 299 g/mol. The highest BCUT2D eigenvalue weighted by molar-refractivity contribution is 5.41. The third-order valence-electron chi connectivity index (χ3n) is 4.21. The number of piperazine rings is 1. The van der Waals surface area contributed by atoms with Crippen LogP contribution in [0.4, 0.5) is 10.2 Å². The summed E-state index contributed by atoms with van der Waals surface area (Å²) >= 11 is 0. The summed E-state index contributed by atoms with van der Waals surface area (Å²) in [4.78, 5) is 8.73. The maximum Gasteiger partial charge on any atom is 0.214 e. The average Bonchev–Trinajstić information content (AvgIpc) is 2.47.